The molecule has 0 bridgehead atoms. The standard InChI is InChI=1S/C23H23N3O5S/c27-23(25-28)20(11-14-13-24-19-7-3-1-5-16(14)19)26-32(29,30)15-9-10-18-17-6-2-4-8-21(17)31-22(18)12-15/h1,3,5,7,9-10,12-13,20,24,26,28H,2,4,6,8,11H2,(H,25,27)/t20-/m1/s1. The summed E-state index contributed by atoms with van der Waals surface area (Å²) in [6.07, 6.45) is 5.73. The van der Waals surface area contributed by atoms with Crippen LogP contribution >= 0.6 is 0 Å². The van der Waals surface area contributed by atoms with Crippen molar-refractivity contribution in [2.24, 2.45) is 0 Å². The molecule has 8 nitrogen and oxygen atoms in total. The minimum Gasteiger partial charge on any atom is -0.461 e. The van der Waals surface area contributed by atoms with Crippen molar-refractivity contribution >= 4 is 37.8 Å². The minimum atomic E-state index is -4.06. The maximum absolute atomic E-state index is 13.1. The van der Waals surface area contributed by atoms with E-state index in [4.69, 9.17) is 4.42 Å². The summed E-state index contributed by atoms with van der Waals surface area (Å²) in [6.45, 7) is 0. The van der Waals surface area contributed by atoms with E-state index in [0.717, 1.165) is 58.9 Å². The maximum atomic E-state index is 13.1. The molecule has 1 aliphatic carbocycles. The molecule has 0 aliphatic heterocycles. The molecule has 4 aromatic rings. The number of aryl methyl sites for hydroxylation is 2. The van der Waals surface area contributed by atoms with Gasteiger partial charge in [0.15, 0.2) is 0 Å². The van der Waals surface area contributed by atoms with Crippen molar-refractivity contribution in [3.63, 3.8) is 0 Å². The summed E-state index contributed by atoms with van der Waals surface area (Å²) >= 11 is 0. The third kappa shape index (κ3) is 3.68. The summed E-state index contributed by atoms with van der Waals surface area (Å²) in [4.78, 5) is 15.4. The number of amides is 1. The van der Waals surface area contributed by atoms with Gasteiger partial charge in [0.05, 0.1) is 4.90 Å². The molecule has 1 amide bonds. The molecular formula is C23H23N3O5S. The fraction of sp³-hybridized carbons (Fsp3) is 0.261. The van der Waals surface area contributed by atoms with E-state index >= 15 is 0 Å². The first kappa shape index (κ1) is 20.7. The molecule has 2 heterocycles. The summed E-state index contributed by atoms with van der Waals surface area (Å²) in [6, 6.07) is 11.1. The number of para-hydroxylation sites is 1. The monoisotopic (exact) mass is 453 g/mol. The van der Waals surface area contributed by atoms with Crippen LogP contribution in [0.15, 0.2) is 58.0 Å². The second-order valence-corrected chi connectivity index (χ2v) is 9.80. The Morgan fingerprint density at radius 3 is 2.78 bits per heavy atom. The van der Waals surface area contributed by atoms with Gasteiger partial charge in [-0.05, 0) is 49.4 Å². The second-order valence-electron chi connectivity index (χ2n) is 8.08. The van der Waals surface area contributed by atoms with E-state index in [1.807, 2.05) is 24.3 Å². The largest absolute Gasteiger partial charge is 0.461 e. The zero-order chi connectivity index (χ0) is 22.3. The van der Waals surface area contributed by atoms with Gasteiger partial charge < -0.3 is 9.40 Å². The summed E-state index contributed by atoms with van der Waals surface area (Å²) in [5.74, 6) is 0.0824. The number of furan rings is 1. The van der Waals surface area contributed by atoms with Crippen molar-refractivity contribution in [1.29, 1.82) is 0 Å². The SMILES string of the molecule is O=C(NO)[C@@H](Cc1c[nH]c2ccccc12)NS(=O)(=O)c1ccc2c3c(oc2c1)CCCC3. The fourth-order valence-corrected chi connectivity index (χ4v) is 5.66. The molecule has 0 unspecified atom stereocenters. The number of carbonyl (C=O) groups excluding carboxylic acids is 1. The van der Waals surface area contributed by atoms with Crippen LogP contribution in [0, 0.1) is 0 Å². The van der Waals surface area contributed by atoms with Gasteiger partial charge in [0, 0.05) is 40.5 Å². The van der Waals surface area contributed by atoms with Gasteiger partial charge >= 0.3 is 0 Å². The first-order valence-electron chi connectivity index (χ1n) is 10.5. The molecule has 0 fully saturated rings. The van der Waals surface area contributed by atoms with Gasteiger partial charge in [-0.15, -0.1) is 0 Å². The van der Waals surface area contributed by atoms with Crippen LogP contribution in [-0.4, -0.2) is 30.6 Å². The number of sulfonamides is 1. The van der Waals surface area contributed by atoms with Gasteiger partial charge in [0.1, 0.15) is 17.4 Å². The normalized spacial score (nSPS) is 15.0. The summed E-state index contributed by atoms with van der Waals surface area (Å²) in [7, 11) is -4.06. The van der Waals surface area contributed by atoms with Gasteiger partial charge in [-0.2, -0.15) is 4.72 Å². The molecular weight excluding hydrogens is 430 g/mol. The lowest BCUT2D eigenvalue weighted by atomic mass is 9.96. The molecule has 2 aromatic heterocycles. The number of H-pyrrole nitrogens is 1. The third-order valence-corrected chi connectivity index (χ3v) is 7.53. The molecule has 0 saturated carbocycles. The maximum Gasteiger partial charge on any atom is 0.261 e. The molecule has 9 heteroatoms. The van der Waals surface area contributed by atoms with Gasteiger partial charge in [0.25, 0.3) is 5.91 Å². The van der Waals surface area contributed by atoms with E-state index in [-0.39, 0.29) is 11.3 Å². The lowest BCUT2D eigenvalue weighted by Gasteiger charge is -2.17. The molecule has 4 N–H and O–H groups in total. The van der Waals surface area contributed by atoms with Crippen molar-refractivity contribution in [2.45, 2.75) is 43.0 Å². The first-order chi connectivity index (χ1) is 15.5. The number of aromatic nitrogens is 1. The second kappa shape index (κ2) is 8.09. The quantitative estimate of drug-likeness (QED) is 0.264. The Labute approximate surface area is 184 Å². The molecule has 32 heavy (non-hydrogen) atoms. The number of hydroxylamine groups is 1. The molecule has 0 saturated heterocycles. The van der Waals surface area contributed by atoms with Crippen LogP contribution < -0.4 is 10.2 Å². The highest BCUT2D eigenvalue weighted by Gasteiger charge is 2.28. The number of fused-ring (bicyclic) bond motifs is 4. The van der Waals surface area contributed by atoms with Crippen LogP contribution in [0.3, 0.4) is 0 Å². The van der Waals surface area contributed by atoms with Crippen molar-refractivity contribution < 1.29 is 22.8 Å². The number of hydrogen-bond acceptors (Lipinski definition) is 5. The molecule has 0 spiro atoms. The van der Waals surface area contributed by atoms with Crippen LogP contribution in [0.2, 0.25) is 0 Å². The minimum absolute atomic E-state index is 0.00534. The van der Waals surface area contributed by atoms with Crippen LogP contribution in [0.1, 0.15) is 29.7 Å². The first-order valence-corrected chi connectivity index (χ1v) is 12.0. The van der Waals surface area contributed by atoms with Gasteiger partial charge in [0.2, 0.25) is 10.0 Å². The summed E-state index contributed by atoms with van der Waals surface area (Å²) in [5, 5.41) is 11.0. The average molecular weight is 454 g/mol. The van der Waals surface area contributed by atoms with Crippen molar-refractivity contribution in [3.05, 3.63) is 65.5 Å². The van der Waals surface area contributed by atoms with Gasteiger partial charge in [-0.25, -0.2) is 13.9 Å². The number of aromatic amines is 1. The predicted octanol–water partition coefficient (Wildman–Crippen LogP) is 3.19. The highest BCUT2D eigenvalue weighted by molar-refractivity contribution is 7.89. The van der Waals surface area contributed by atoms with Crippen LogP contribution in [-0.2, 0) is 34.1 Å². The Bertz CT molecular complexity index is 1420. The van der Waals surface area contributed by atoms with Crippen molar-refractivity contribution in [3.8, 4) is 0 Å². The Balaban J connectivity index is 1.45. The Morgan fingerprint density at radius 1 is 1.12 bits per heavy atom. The third-order valence-electron chi connectivity index (χ3n) is 6.06. The number of hydrogen-bond donors (Lipinski definition) is 4. The lowest BCUT2D eigenvalue weighted by molar-refractivity contribution is -0.130. The lowest BCUT2D eigenvalue weighted by Crippen LogP contribution is -2.47. The van der Waals surface area contributed by atoms with E-state index in [1.165, 1.54) is 12.1 Å². The molecule has 1 atom stereocenters. The Morgan fingerprint density at radius 2 is 1.94 bits per heavy atom. The van der Waals surface area contributed by atoms with Crippen molar-refractivity contribution in [1.82, 2.24) is 15.2 Å². The van der Waals surface area contributed by atoms with Crippen LogP contribution in [0.4, 0.5) is 0 Å². The fourth-order valence-electron chi connectivity index (χ4n) is 4.45. The van der Waals surface area contributed by atoms with Crippen LogP contribution in [0.5, 0.6) is 0 Å². The van der Waals surface area contributed by atoms with E-state index in [1.54, 1.807) is 17.7 Å². The number of rotatable bonds is 6. The number of benzene rings is 2. The highest BCUT2D eigenvalue weighted by Crippen LogP contribution is 2.33. The zero-order valence-electron chi connectivity index (χ0n) is 17.2. The van der Waals surface area contributed by atoms with Crippen molar-refractivity contribution in [2.75, 3.05) is 0 Å². The number of nitrogens with one attached hydrogen (secondary N) is 3. The number of carbonyl (C=O) groups is 1. The molecule has 2 aromatic carbocycles. The predicted molar refractivity (Wildman–Crippen MR) is 119 cm³/mol. The van der Waals surface area contributed by atoms with E-state index in [0.29, 0.717) is 5.58 Å². The smallest absolute Gasteiger partial charge is 0.261 e. The average Bonchev–Trinajstić information content (AvgIpc) is 3.38. The zero-order valence-corrected chi connectivity index (χ0v) is 18.0. The Hall–Kier alpha value is -3.14. The van der Waals surface area contributed by atoms with E-state index in [9.17, 15) is 18.4 Å². The highest BCUT2D eigenvalue weighted by atomic mass is 32.2. The Kier molecular flexibility index (Phi) is 5.24. The molecule has 0 radical (unpaired) electrons. The van der Waals surface area contributed by atoms with E-state index < -0.39 is 22.0 Å². The summed E-state index contributed by atoms with van der Waals surface area (Å²) < 4.78 is 34.6. The molecule has 166 valence electrons. The van der Waals surface area contributed by atoms with Gasteiger partial charge in [-0.3, -0.25) is 10.0 Å². The molecule has 5 rings (SSSR count). The summed E-state index contributed by atoms with van der Waals surface area (Å²) in [5.41, 5.74) is 4.88. The van der Waals surface area contributed by atoms with Crippen LogP contribution in [0.25, 0.3) is 21.9 Å². The van der Waals surface area contributed by atoms with E-state index in [2.05, 4.69) is 9.71 Å². The topological polar surface area (TPSA) is 124 Å². The molecule has 1 aliphatic rings. The van der Waals surface area contributed by atoms with Gasteiger partial charge in [-0.1, -0.05) is 18.2 Å².